The second-order valence-corrected chi connectivity index (χ2v) is 4.41. The summed E-state index contributed by atoms with van der Waals surface area (Å²) in [7, 11) is 0. The van der Waals surface area contributed by atoms with Crippen LogP contribution in [0.1, 0.15) is 10.4 Å². The molecule has 1 aromatic heterocycles. The van der Waals surface area contributed by atoms with Crippen molar-refractivity contribution >= 4 is 33.3 Å². The molecule has 0 saturated heterocycles. The highest BCUT2D eigenvalue weighted by atomic mass is 79.9. The molecule has 1 aromatic carbocycles. The number of phenols is 1. The van der Waals surface area contributed by atoms with Gasteiger partial charge in [-0.2, -0.15) is 0 Å². The van der Waals surface area contributed by atoms with Crippen molar-refractivity contribution in [1.29, 1.82) is 0 Å². The molecule has 0 aliphatic carbocycles. The van der Waals surface area contributed by atoms with Gasteiger partial charge in [0.15, 0.2) is 0 Å². The highest BCUT2D eigenvalue weighted by molar-refractivity contribution is 9.10. The van der Waals surface area contributed by atoms with Crippen LogP contribution in [0, 0.1) is 0 Å². The van der Waals surface area contributed by atoms with E-state index < -0.39 is 5.91 Å². The van der Waals surface area contributed by atoms with E-state index in [1.807, 2.05) is 0 Å². The Morgan fingerprint density at radius 3 is 2.89 bits per heavy atom. The van der Waals surface area contributed by atoms with Gasteiger partial charge in [-0.3, -0.25) is 4.79 Å². The number of nitrogens with two attached hydrogens (primary N) is 1. The average Bonchev–Trinajstić information content (AvgIpc) is 2.35. The van der Waals surface area contributed by atoms with E-state index in [1.165, 1.54) is 18.2 Å². The summed E-state index contributed by atoms with van der Waals surface area (Å²) in [6.07, 6.45) is 1.56. The number of hydrogen-bond acceptors (Lipinski definition) is 4. The number of anilines is 2. The quantitative estimate of drug-likeness (QED) is 0.587. The predicted octanol–water partition coefficient (Wildman–Crippen LogP) is 2.38. The molecule has 0 aliphatic rings. The molecule has 0 atom stereocenters. The van der Waals surface area contributed by atoms with Gasteiger partial charge in [0.25, 0.3) is 5.91 Å². The third-order valence-corrected chi connectivity index (χ3v) is 2.91. The number of benzene rings is 1. The Bertz CT molecular complexity index is 602. The van der Waals surface area contributed by atoms with Crippen LogP contribution in [0.4, 0.5) is 11.5 Å². The third-order valence-electron chi connectivity index (χ3n) is 2.27. The van der Waals surface area contributed by atoms with Gasteiger partial charge in [-0.15, -0.1) is 0 Å². The summed E-state index contributed by atoms with van der Waals surface area (Å²) >= 11 is 3.27. The zero-order valence-corrected chi connectivity index (χ0v) is 10.8. The lowest BCUT2D eigenvalue weighted by atomic mass is 10.1. The molecule has 2 aromatic rings. The van der Waals surface area contributed by atoms with Crippen molar-refractivity contribution in [3.8, 4) is 5.75 Å². The molecule has 0 unspecified atom stereocenters. The van der Waals surface area contributed by atoms with Gasteiger partial charge in [-0.1, -0.05) is 0 Å². The zero-order valence-electron chi connectivity index (χ0n) is 9.22. The number of aromatic hydroxyl groups is 1. The summed E-state index contributed by atoms with van der Waals surface area (Å²) < 4.78 is 0.664. The summed E-state index contributed by atoms with van der Waals surface area (Å²) in [6.45, 7) is 0. The summed E-state index contributed by atoms with van der Waals surface area (Å²) in [5, 5.41) is 12.0. The van der Waals surface area contributed by atoms with Gasteiger partial charge in [0.2, 0.25) is 0 Å². The van der Waals surface area contributed by atoms with E-state index in [0.717, 1.165) is 0 Å². The van der Waals surface area contributed by atoms with Crippen molar-refractivity contribution in [2.24, 2.45) is 0 Å². The van der Waals surface area contributed by atoms with E-state index >= 15 is 0 Å². The van der Waals surface area contributed by atoms with Gasteiger partial charge >= 0.3 is 0 Å². The SMILES string of the molecule is Nc1ccc(O)cc1C(=O)Nc1ncccc1Br. The number of carbonyl (C=O) groups excluding carboxylic acids is 1. The first-order chi connectivity index (χ1) is 8.58. The van der Waals surface area contributed by atoms with Crippen LogP contribution in [0.5, 0.6) is 5.75 Å². The molecule has 1 heterocycles. The Kier molecular flexibility index (Phi) is 3.47. The predicted molar refractivity (Wildman–Crippen MR) is 72.4 cm³/mol. The molecule has 0 aliphatic heterocycles. The minimum absolute atomic E-state index is 0.0190. The number of phenolic OH excluding ortho intramolecular Hbond substituents is 1. The Morgan fingerprint density at radius 2 is 2.17 bits per heavy atom. The standard InChI is InChI=1S/C12H10BrN3O2/c13-9-2-1-5-15-11(9)16-12(18)8-6-7(17)3-4-10(8)14/h1-6,17H,14H2,(H,15,16,18). The number of amides is 1. The molecule has 5 nitrogen and oxygen atoms in total. The normalized spacial score (nSPS) is 10.1. The van der Waals surface area contributed by atoms with E-state index in [-0.39, 0.29) is 17.0 Å². The molecule has 0 spiro atoms. The van der Waals surface area contributed by atoms with E-state index in [9.17, 15) is 9.90 Å². The van der Waals surface area contributed by atoms with Crippen LogP contribution >= 0.6 is 15.9 Å². The molecule has 0 radical (unpaired) electrons. The lowest BCUT2D eigenvalue weighted by molar-refractivity contribution is 0.102. The summed E-state index contributed by atoms with van der Waals surface area (Å²) in [5.74, 6) is -0.0533. The van der Waals surface area contributed by atoms with E-state index in [1.54, 1.807) is 18.3 Å². The number of hydrogen-bond donors (Lipinski definition) is 3. The van der Waals surface area contributed by atoms with Crippen molar-refractivity contribution in [3.63, 3.8) is 0 Å². The number of pyridine rings is 1. The highest BCUT2D eigenvalue weighted by Crippen LogP contribution is 2.22. The molecule has 92 valence electrons. The Morgan fingerprint density at radius 1 is 1.39 bits per heavy atom. The van der Waals surface area contributed by atoms with Crippen LogP contribution in [-0.2, 0) is 0 Å². The maximum Gasteiger partial charge on any atom is 0.259 e. The molecule has 0 fully saturated rings. The van der Waals surface area contributed by atoms with Gasteiger partial charge in [0.1, 0.15) is 11.6 Å². The van der Waals surface area contributed by atoms with Gasteiger partial charge in [-0.25, -0.2) is 4.98 Å². The number of nitrogens with zero attached hydrogens (tertiary/aromatic N) is 1. The Labute approximate surface area is 112 Å². The summed E-state index contributed by atoms with van der Waals surface area (Å²) in [4.78, 5) is 16.0. The van der Waals surface area contributed by atoms with Crippen molar-refractivity contribution in [2.45, 2.75) is 0 Å². The molecule has 18 heavy (non-hydrogen) atoms. The van der Waals surface area contributed by atoms with Crippen LogP contribution < -0.4 is 11.1 Å². The number of nitrogens with one attached hydrogen (secondary N) is 1. The number of rotatable bonds is 2. The summed E-state index contributed by atoms with van der Waals surface area (Å²) in [5.41, 5.74) is 6.17. The Balaban J connectivity index is 2.28. The zero-order chi connectivity index (χ0) is 13.1. The third kappa shape index (κ3) is 2.60. The molecular formula is C12H10BrN3O2. The number of nitrogen functional groups attached to an aromatic ring is 1. The fourth-order valence-electron chi connectivity index (χ4n) is 1.39. The number of carbonyl (C=O) groups is 1. The minimum atomic E-state index is -0.428. The van der Waals surface area contributed by atoms with E-state index in [0.29, 0.717) is 10.3 Å². The highest BCUT2D eigenvalue weighted by Gasteiger charge is 2.12. The van der Waals surface area contributed by atoms with E-state index in [2.05, 4.69) is 26.2 Å². The van der Waals surface area contributed by atoms with Crippen LogP contribution in [-0.4, -0.2) is 16.0 Å². The van der Waals surface area contributed by atoms with Crippen LogP contribution in [0.15, 0.2) is 41.0 Å². The van der Waals surface area contributed by atoms with Gasteiger partial charge < -0.3 is 16.2 Å². The average molecular weight is 308 g/mol. The molecule has 4 N–H and O–H groups in total. The first-order valence-corrected chi connectivity index (χ1v) is 5.87. The maximum absolute atomic E-state index is 12.0. The van der Waals surface area contributed by atoms with Crippen molar-refractivity contribution < 1.29 is 9.90 Å². The van der Waals surface area contributed by atoms with Crippen molar-refractivity contribution in [1.82, 2.24) is 4.98 Å². The summed E-state index contributed by atoms with van der Waals surface area (Å²) in [6, 6.07) is 7.69. The van der Waals surface area contributed by atoms with Crippen molar-refractivity contribution in [3.05, 3.63) is 46.6 Å². The Hall–Kier alpha value is -2.08. The molecule has 2 rings (SSSR count). The molecular weight excluding hydrogens is 298 g/mol. The van der Waals surface area contributed by atoms with Crippen LogP contribution in [0.25, 0.3) is 0 Å². The molecule has 6 heteroatoms. The molecule has 0 saturated carbocycles. The van der Waals surface area contributed by atoms with Crippen molar-refractivity contribution in [2.75, 3.05) is 11.1 Å². The van der Waals surface area contributed by atoms with Gasteiger partial charge in [0.05, 0.1) is 10.0 Å². The molecule has 0 bridgehead atoms. The fourth-order valence-corrected chi connectivity index (χ4v) is 1.75. The first-order valence-electron chi connectivity index (χ1n) is 5.08. The smallest absolute Gasteiger partial charge is 0.259 e. The lowest BCUT2D eigenvalue weighted by Gasteiger charge is -2.08. The topological polar surface area (TPSA) is 88.2 Å². The minimum Gasteiger partial charge on any atom is -0.508 e. The molecule has 1 amide bonds. The van der Waals surface area contributed by atoms with Gasteiger partial charge in [-0.05, 0) is 46.3 Å². The number of halogens is 1. The fraction of sp³-hybridized carbons (Fsp3) is 0. The second-order valence-electron chi connectivity index (χ2n) is 3.56. The maximum atomic E-state index is 12.0. The first kappa shape index (κ1) is 12.4. The van der Waals surface area contributed by atoms with Crippen LogP contribution in [0.3, 0.4) is 0 Å². The monoisotopic (exact) mass is 307 g/mol. The van der Waals surface area contributed by atoms with Crippen LogP contribution in [0.2, 0.25) is 0 Å². The largest absolute Gasteiger partial charge is 0.508 e. The number of aromatic nitrogens is 1. The van der Waals surface area contributed by atoms with E-state index in [4.69, 9.17) is 5.73 Å². The second kappa shape index (κ2) is 5.05. The van der Waals surface area contributed by atoms with Gasteiger partial charge in [0, 0.05) is 11.9 Å². The lowest BCUT2D eigenvalue weighted by Crippen LogP contribution is -2.15.